The number of halogens is 2. The molecule has 140 valence electrons. The minimum Gasteiger partial charge on any atom is -0.325 e. The van der Waals surface area contributed by atoms with Crippen LogP contribution in [0.5, 0.6) is 0 Å². The third-order valence-electron chi connectivity index (χ3n) is 3.44. The quantitative estimate of drug-likeness (QED) is 0.621. The van der Waals surface area contributed by atoms with Crippen molar-refractivity contribution in [3.63, 3.8) is 0 Å². The highest BCUT2D eigenvalue weighted by molar-refractivity contribution is 7.98. The molecular weight excluding hydrogens is 415 g/mol. The van der Waals surface area contributed by atoms with Crippen LogP contribution in [0.15, 0.2) is 46.2 Å². The first-order valence-electron chi connectivity index (χ1n) is 7.61. The molecule has 9 heteroatoms. The SMILES string of the molecule is CSc1ccc(S(=O)(=O)Nc2ccc(Cl)c(Cl)c2)cc1NC(=O)C(C)C. The molecule has 0 radical (unpaired) electrons. The van der Waals surface area contributed by atoms with Crippen LogP contribution in [0.25, 0.3) is 0 Å². The highest BCUT2D eigenvalue weighted by Crippen LogP contribution is 2.30. The van der Waals surface area contributed by atoms with Gasteiger partial charge in [-0.1, -0.05) is 37.0 Å². The molecule has 26 heavy (non-hydrogen) atoms. The summed E-state index contributed by atoms with van der Waals surface area (Å²) in [6.45, 7) is 3.53. The van der Waals surface area contributed by atoms with Crippen LogP contribution in [0, 0.1) is 5.92 Å². The van der Waals surface area contributed by atoms with Crippen LogP contribution >= 0.6 is 35.0 Å². The highest BCUT2D eigenvalue weighted by atomic mass is 35.5. The van der Waals surface area contributed by atoms with Gasteiger partial charge in [0.2, 0.25) is 5.91 Å². The van der Waals surface area contributed by atoms with E-state index in [0.29, 0.717) is 16.4 Å². The minimum absolute atomic E-state index is 0.0282. The van der Waals surface area contributed by atoms with E-state index in [2.05, 4.69) is 10.0 Å². The van der Waals surface area contributed by atoms with E-state index < -0.39 is 10.0 Å². The first-order valence-corrected chi connectivity index (χ1v) is 11.1. The number of carbonyl (C=O) groups excluding carboxylic acids is 1. The van der Waals surface area contributed by atoms with Crippen molar-refractivity contribution in [2.45, 2.75) is 23.6 Å². The van der Waals surface area contributed by atoms with Gasteiger partial charge in [0.15, 0.2) is 0 Å². The van der Waals surface area contributed by atoms with Gasteiger partial charge in [-0.2, -0.15) is 0 Å². The maximum atomic E-state index is 12.7. The van der Waals surface area contributed by atoms with E-state index >= 15 is 0 Å². The number of hydrogen-bond donors (Lipinski definition) is 2. The van der Waals surface area contributed by atoms with E-state index in [4.69, 9.17) is 23.2 Å². The Kier molecular flexibility index (Phi) is 6.85. The van der Waals surface area contributed by atoms with Crippen LogP contribution in [0.3, 0.4) is 0 Å². The predicted octanol–water partition coefficient (Wildman–Crippen LogP) is 5.11. The number of thioether (sulfide) groups is 1. The molecule has 0 saturated heterocycles. The summed E-state index contributed by atoms with van der Waals surface area (Å²) in [7, 11) is -3.86. The van der Waals surface area contributed by atoms with Crippen molar-refractivity contribution in [2.75, 3.05) is 16.3 Å². The Morgan fingerprint density at radius 3 is 2.35 bits per heavy atom. The average Bonchev–Trinajstić information content (AvgIpc) is 2.57. The normalized spacial score (nSPS) is 11.5. The van der Waals surface area contributed by atoms with Crippen LogP contribution in [0.1, 0.15) is 13.8 Å². The third-order valence-corrected chi connectivity index (χ3v) is 6.35. The second-order valence-corrected chi connectivity index (χ2v) is 9.09. The smallest absolute Gasteiger partial charge is 0.261 e. The topological polar surface area (TPSA) is 75.3 Å². The fraction of sp³-hybridized carbons (Fsp3) is 0.235. The van der Waals surface area contributed by atoms with Gasteiger partial charge in [0, 0.05) is 10.8 Å². The first kappa shape index (κ1) is 20.9. The number of rotatable bonds is 6. The van der Waals surface area contributed by atoms with E-state index in [1.807, 2.05) is 6.26 Å². The lowest BCUT2D eigenvalue weighted by atomic mass is 10.2. The van der Waals surface area contributed by atoms with Gasteiger partial charge in [0.25, 0.3) is 10.0 Å². The number of anilines is 2. The molecule has 0 aliphatic rings. The monoisotopic (exact) mass is 432 g/mol. The largest absolute Gasteiger partial charge is 0.325 e. The zero-order chi connectivity index (χ0) is 19.5. The number of hydrogen-bond acceptors (Lipinski definition) is 4. The standard InChI is InChI=1S/C17H18Cl2N2O3S2/c1-10(2)17(22)20-15-9-12(5-7-16(15)25-3)26(23,24)21-11-4-6-13(18)14(19)8-11/h4-10,21H,1-3H3,(H,20,22). The van der Waals surface area contributed by atoms with Gasteiger partial charge in [-0.25, -0.2) is 8.42 Å². The van der Waals surface area contributed by atoms with E-state index in [1.54, 1.807) is 19.9 Å². The lowest BCUT2D eigenvalue weighted by molar-refractivity contribution is -0.118. The van der Waals surface area contributed by atoms with Crippen molar-refractivity contribution in [2.24, 2.45) is 5.92 Å². The molecule has 2 aromatic carbocycles. The zero-order valence-corrected chi connectivity index (χ0v) is 17.5. The molecule has 2 N–H and O–H groups in total. The lowest BCUT2D eigenvalue weighted by Crippen LogP contribution is -2.19. The fourth-order valence-electron chi connectivity index (χ4n) is 2.00. The van der Waals surface area contributed by atoms with E-state index in [9.17, 15) is 13.2 Å². The first-order chi connectivity index (χ1) is 12.1. The van der Waals surface area contributed by atoms with E-state index in [1.165, 1.54) is 42.1 Å². The summed E-state index contributed by atoms with van der Waals surface area (Å²) in [5.41, 5.74) is 0.745. The molecule has 0 saturated carbocycles. The number of sulfonamides is 1. The Morgan fingerprint density at radius 2 is 1.77 bits per heavy atom. The Morgan fingerprint density at radius 1 is 1.08 bits per heavy atom. The lowest BCUT2D eigenvalue weighted by Gasteiger charge is -2.14. The average molecular weight is 433 g/mol. The second kappa shape index (κ2) is 8.52. The number of benzene rings is 2. The molecule has 0 spiro atoms. The van der Waals surface area contributed by atoms with Crippen molar-refractivity contribution < 1.29 is 13.2 Å². The summed E-state index contributed by atoms with van der Waals surface area (Å²) < 4.78 is 27.8. The Balaban J connectivity index is 2.36. The molecular formula is C17H18Cl2N2O3S2. The molecule has 1 amide bonds. The molecule has 5 nitrogen and oxygen atoms in total. The molecule has 2 rings (SSSR count). The van der Waals surface area contributed by atoms with Crippen molar-refractivity contribution in [1.82, 2.24) is 0 Å². The fourth-order valence-corrected chi connectivity index (χ4v) is 3.91. The summed E-state index contributed by atoms with van der Waals surface area (Å²) >= 11 is 13.2. The molecule has 0 heterocycles. The number of carbonyl (C=O) groups is 1. The van der Waals surface area contributed by atoms with E-state index in [0.717, 1.165) is 4.90 Å². The molecule has 2 aromatic rings. The van der Waals surface area contributed by atoms with Gasteiger partial charge in [0.05, 0.1) is 26.3 Å². The molecule has 0 bridgehead atoms. The summed E-state index contributed by atoms with van der Waals surface area (Å²) in [6, 6.07) is 9.03. The minimum atomic E-state index is -3.86. The molecule has 0 aliphatic heterocycles. The zero-order valence-electron chi connectivity index (χ0n) is 14.3. The summed E-state index contributed by atoms with van der Waals surface area (Å²) in [5.74, 6) is -0.411. The van der Waals surface area contributed by atoms with Crippen molar-refractivity contribution in [3.05, 3.63) is 46.4 Å². The maximum absolute atomic E-state index is 12.7. The molecule has 0 fully saturated rings. The van der Waals surface area contributed by atoms with Crippen LogP contribution in [0.2, 0.25) is 10.0 Å². The third kappa shape index (κ3) is 5.07. The van der Waals surface area contributed by atoms with Crippen LogP contribution < -0.4 is 10.0 Å². The van der Waals surface area contributed by atoms with Crippen molar-refractivity contribution >= 4 is 62.3 Å². The van der Waals surface area contributed by atoms with Crippen molar-refractivity contribution in [1.29, 1.82) is 0 Å². The predicted molar refractivity (Wildman–Crippen MR) is 109 cm³/mol. The molecule has 0 atom stereocenters. The molecule has 0 aliphatic carbocycles. The van der Waals surface area contributed by atoms with Gasteiger partial charge >= 0.3 is 0 Å². The summed E-state index contributed by atoms with van der Waals surface area (Å²) in [4.78, 5) is 12.8. The van der Waals surface area contributed by atoms with Gasteiger partial charge in [-0.05, 0) is 42.7 Å². The number of amides is 1. The number of nitrogens with one attached hydrogen (secondary N) is 2. The Hall–Kier alpha value is -1.41. The van der Waals surface area contributed by atoms with Crippen LogP contribution in [0.4, 0.5) is 11.4 Å². The summed E-state index contributed by atoms with van der Waals surface area (Å²) in [5, 5.41) is 3.34. The van der Waals surface area contributed by atoms with E-state index in [-0.39, 0.29) is 21.7 Å². The highest BCUT2D eigenvalue weighted by Gasteiger charge is 2.18. The molecule has 0 unspecified atom stereocenters. The van der Waals surface area contributed by atoms with Gasteiger partial charge < -0.3 is 5.32 Å². The van der Waals surface area contributed by atoms with Gasteiger partial charge in [-0.15, -0.1) is 11.8 Å². The maximum Gasteiger partial charge on any atom is 0.261 e. The Bertz CT molecular complexity index is 932. The molecule has 0 aromatic heterocycles. The van der Waals surface area contributed by atoms with Crippen molar-refractivity contribution in [3.8, 4) is 0 Å². The van der Waals surface area contributed by atoms with Crippen LogP contribution in [-0.2, 0) is 14.8 Å². The van der Waals surface area contributed by atoms with Gasteiger partial charge in [-0.3, -0.25) is 9.52 Å². The van der Waals surface area contributed by atoms with Crippen LogP contribution in [-0.4, -0.2) is 20.6 Å². The van der Waals surface area contributed by atoms with Gasteiger partial charge in [0.1, 0.15) is 0 Å². The summed E-state index contributed by atoms with van der Waals surface area (Å²) in [6.07, 6.45) is 1.85. The second-order valence-electron chi connectivity index (χ2n) is 5.74. The Labute approximate surface area is 167 Å².